The van der Waals surface area contributed by atoms with Crippen molar-refractivity contribution in [2.75, 3.05) is 13.1 Å². The van der Waals surface area contributed by atoms with E-state index in [0.717, 1.165) is 25.4 Å². The van der Waals surface area contributed by atoms with Crippen molar-refractivity contribution in [3.63, 3.8) is 0 Å². The molecule has 0 bridgehead atoms. The van der Waals surface area contributed by atoms with E-state index in [4.69, 9.17) is 0 Å². The molecular formula is C12H23ClN2O. The molecule has 0 unspecified atom stereocenters. The molecule has 1 aliphatic heterocycles. The zero-order chi connectivity index (χ0) is 10.9. The number of halogens is 1. The molecule has 94 valence electrons. The van der Waals surface area contributed by atoms with E-state index >= 15 is 0 Å². The van der Waals surface area contributed by atoms with Crippen LogP contribution in [0.25, 0.3) is 0 Å². The molecule has 2 fully saturated rings. The summed E-state index contributed by atoms with van der Waals surface area (Å²) < 4.78 is 0. The number of carbonyl (C=O) groups excluding carboxylic acids is 1. The van der Waals surface area contributed by atoms with E-state index in [1.807, 2.05) is 0 Å². The second kappa shape index (κ2) is 5.37. The predicted octanol–water partition coefficient (Wildman–Crippen LogP) is 1.71. The summed E-state index contributed by atoms with van der Waals surface area (Å²) in [6, 6.07) is 0.0971. The van der Waals surface area contributed by atoms with Gasteiger partial charge in [0, 0.05) is 6.54 Å². The third-order valence-electron chi connectivity index (χ3n) is 3.58. The van der Waals surface area contributed by atoms with Crippen LogP contribution in [-0.2, 0) is 4.79 Å². The van der Waals surface area contributed by atoms with Gasteiger partial charge in [-0.1, -0.05) is 13.8 Å². The molecule has 0 aromatic heterocycles. The van der Waals surface area contributed by atoms with Crippen LogP contribution in [0.5, 0.6) is 0 Å². The Morgan fingerprint density at radius 3 is 2.50 bits per heavy atom. The molecule has 2 aliphatic rings. The van der Waals surface area contributed by atoms with Gasteiger partial charge < -0.3 is 10.6 Å². The van der Waals surface area contributed by atoms with E-state index in [9.17, 15) is 4.79 Å². The minimum atomic E-state index is 0. The van der Waals surface area contributed by atoms with Crippen molar-refractivity contribution in [3.8, 4) is 0 Å². The summed E-state index contributed by atoms with van der Waals surface area (Å²) in [4.78, 5) is 11.6. The van der Waals surface area contributed by atoms with Crippen molar-refractivity contribution in [3.05, 3.63) is 0 Å². The van der Waals surface area contributed by atoms with Crippen LogP contribution < -0.4 is 10.6 Å². The molecule has 1 saturated carbocycles. The van der Waals surface area contributed by atoms with Crippen LogP contribution >= 0.6 is 12.4 Å². The second-order valence-electron chi connectivity index (χ2n) is 5.61. The molecule has 1 saturated heterocycles. The summed E-state index contributed by atoms with van der Waals surface area (Å²) in [6.45, 7) is 6.40. The Bertz CT molecular complexity index is 247. The SMILES string of the molecule is CC(C)CC1(CNC(=O)[C@H]2CCN2)CC1.Cl. The standard InChI is InChI=1S/C12H22N2O.ClH/c1-9(2)7-12(4-5-12)8-14-11(15)10-3-6-13-10;/h9-10,13H,3-8H2,1-2H3,(H,14,15);1H/t10-;/m1./s1. The molecule has 1 atom stereocenters. The van der Waals surface area contributed by atoms with Crippen molar-refractivity contribution >= 4 is 18.3 Å². The molecular weight excluding hydrogens is 224 g/mol. The molecule has 1 heterocycles. The summed E-state index contributed by atoms with van der Waals surface area (Å²) in [7, 11) is 0. The van der Waals surface area contributed by atoms with E-state index in [-0.39, 0.29) is 24.4 Å². The van der Waals surface area contributed by atoms with Crippen molar-refractivity contribution in [1.29, 1.82) is 0 Å². The predicted molar refractivity (Wildman–Crippen MR) is 67.8 cm³/mol. The van der Waals surface area contributed by atoms with Crippen LogP contribution in [0.15, 0.2) is 0 Å². The monoisotopic (exact) mass is 246 g/mol. The average molecular weight is 247 g/mol. The Labute approximate surface area is 104 Å². The maximum absolute atomic E-state index is 11.6. The largest absolute Gasteiger partial charge is 0.354 e. The number of nitrogens with one attached hydrogen (secondary N) is 2. The zero-order valence-corrected chi connectivity index (χ0v) is 11.0. The van der Waals surface area contributed by atoms with Gasteiger partial charge >= 0.3 is 0 Å². The first kappa shape index (κ1) is 13.8. The fraction of sp³-hybridized carbons (Fsp3) is 0.917. The number of hydrogen-bond donors (Lipinski definition) is 2. The van der Waals surface area contributed by atoms with E-state index in [1.54, 1.807) is 0 Å². The zero-order valence-electron chi connectivity index (χ0n) is 10.2. The van der Waals surface area contributed by atoms with Crippen LogP contribution in [0.4, 0.5) is 0 Å². The molecule has 0 aromatic rings. The van der Waals surface area contributed by atoms with Gasteiger partial charge in [0.1, 0.15) is 0 Å². The van der Waals surface area contributed by atoms with Crippen LogP contribution in [-0.4, -0.2) is 25.0 Å². The highest BCUT2D eigenvalue weighted by Gasteiger charge is 2.43. The summed E-state index contributed by atoms with van der Waals surface area (Å²) in [5.41, 5.74) is 0.452. The lowest BCUT2D eigenvalue weighted by molar-refractivity contribution is -0.125. The number of carbonyl (C=O) groups is 1. The maximum Gasteiger partial charge on any atom is 0.237 e. The molecule has 0 radical (unpaired) electrons. The van der Waals surface area contributed by atoms with Crippen LogP contribution in [0.3, 0.4) is 0 Å². The van der Waals surface area contributed by atoms with Crippen molar-refractivity contribution in [2.24, 2.45) is 11.3 Å². The lowest BCUT2D eigenvalue weighted by Crippen LogP contribution is -2.53. The summed E-state index contributed by atoms with van der Waals surface area (Å²) in [6.07, 6.45) is 4.85. The molecule has 4 heteroatoms. The summed E-state index contributed by atoms with van der Waals surface area (Å²) in [5, 5.41) is 6.22. The van der Waals surface area contributed by atoms with Gasteiger partial charge in [-0.3, -0.25) is 4.79 Å². The van der Waals surface area contributed by atoms with Crippen LogP contribution in [0.2, 0.25) is 0 Å². The fourth-order valence-electron chi connectivity index (χ4n) is 2.41. The van der Waals surface area contributed by atoms with E-state index in [1.165, 1.54) is 19.3 Å². The van der Waals surface area contributed by atoms with E-state index in [2.05, 4.69) is 24.5 Å². The lowest BCUT2D eigenvalue weighted by Gasteiger charge is -2.27. The van der Waals surface area contributed by atoms with Gasteiger partial charge in [-0.05, 0) is 43.6 Å². The first-order valence-corrected chi connectivity index (χ1v) is 6.12. The van der Waals surface area contributed by atoms with Crippen molar-refractivity contribution < 1.29 is 4.79 Å². The minimum absolute atomic E-state index is 0. The van der Waals surface area contributed by atoms with E-state index in [0.29, 0.717) is 5.41 Å². The number of amides is 1. The normalized spacial score (nSPS) is 25.6. The molecule has 0 spiro atoms. The summed E-state index contributed by atoms with van der Waals surface area (Å²) in [5.74, 6) is 0.947. The molecule has 1 amide bonds. The Balaban J connectivity index is 0.00000128. The van der Waals surface area contributed by atoms with Gasteiger partial charge in [0.25, 0.3) is 0 Å². The van der Waals surface area contributed by atoms with Gasteiger partial charge in [0.2, 0.25) is 5.91 Å². The number of hydrogen-bond acceptors (Lipinski definition) is 2. The molecule has 1 aliphatic carbocycles. The Kier molecular flexibility index (Phi) is 4.62. The summed E-state index contributed by atoms with van der Waals surface area (Å²) >= 11 is 0. The highest BCUT2D eigenvalue weighted by molar-refractivity contribution is 5.85. The minimum Gasteiger partial charge on any atom is -0.354 e. The molecule has 0 aromatic carbocycles. The van der Waals surface area contributed by atoms with Crippen LogP contribution in [0, 0.1) is 11.3 Å². The quantitative estimate of drug-likeness (QED) is 0.776. The second-order valence-corrected chi connectivity index (χ2v) is 5.61. The third kappa shape index (κ3) is 3.36. The fourth-order valence-corrected chi connectivity index (χ4v) is 2.41. The Morgan fingerprint density at radius 1 is 1.50 bits per heavy atom. The average Bonchev–Trinajstić information content (AvgIpc) is 2.78. The topological polar surface area (TPSA) is 41.1 Å². The van der Waals surface area contributed by atoms with Gasteiger partial charge in [-0.25, -0.2) is 0 Å². The number of rotatable bonds is 5. The van der Waals surface area contributed by atoms with Crippen LogP contribution in [0.1, 0.15) is 39.5 Å². The van der Waals surface area contributed by atoms with Gasteiger partial charge in [0.05, 0.1) is 6.04 Å². The molecule has 16 heavy (non-hydrogen) atoms. The highest BCUT2D eigenvalue weighted by atomic mass is 35.5. The van der Waals surface area contributed by atoms with Crippen molar-refractivity contribution in [2.45, 2.75) is 45.6 Å². The lowest BCUT2D eigenvalue weighted by atomic mass is 9.94. The first-order chi connectivity index (χ1) is 7.11. The highest BCUT2D eigenvalue weighted by Crippen LogP contribution is 2.49. The molecule has 2 rings (SSSR count). The van der Waals surface area contributed by atoms with Crippen molar-refractivity contribution in [1.82, 2.24) is 10.6 Å². The molecule has 3 nitrogen and oxygen atoms in total. The first-order valence-electron chi connectivity index (χ1n) is 6.12. The Morgan fingerprint density at radius 2 is 2.12 bits per heavy atom. The van der Waals surface area contributed by atoms with Gasteiger partial charge in [0.15, 0.2) is 0 Å². The third-order valence-corrected chi connectivity index (χ3v) is 3.58. The molecule has 2 N–H and O–H groups in total. The van der Waals surface area contributed by atoms with Gasteiger partial charge in [-0.2, -0.15) is 0 Å². The smallest absolute Gasteiger partial charge is 0.237 e. The maximum atomic E-state index is 11.6. The van der Waals surface area contributed by atoms with Gasteiger partial charge in [-0.15, -0.1) is 12.4 Å². The Hall–Kier alpha value is -0.280. The van der Waals surface area contributed by atoms with E-state index < -0.39 is 0 Å².